The second-order valence-corrected chi connectivity index (χ2v) is 4.31. The van der Waals surface area contributed by atoms with Crippen molar-refractivity contribution in [2.24, 2.45) is 0 Å². The third-order valence-electron chi connectivity index (χ3n) is 2.88. The average Bonchev–Trinajstić information content (AvgIpc) is 2.39. The summed E-state index contributed by atoms with van der Waals surface area (Å²) in [5.74, 6) is 0.0699. The van der Waals surface area contributed by atoms with Crippen molar-refractivity contribution >= 4 is 29.1 Å². The van der Waals surface area contributed by atoms with Crippen LogP contribution in [0.5, 0.6) is 0 Å². The lowest BCUT2D eigenvalue weighted by Gasteiger charge is -2.06. The van der Waals surface area contributed by atoms with Gasteiger partial charge in [-0.25, -0.2) is 0 Å². The standard InChI is InChI=1S/C15H18N2O.ClH/c1-16-8-9-17-15(18)11-12-6-7-13-4-2-3-5-14(13)10-12;/h2-7,10,16H,8-9,11H2,1H3,(H,17,18);1H. The Morgan fingerprint density at radius 1 is 1.05 bits per heavy atom. The molecule has 2 aromatic carbocycles. The maximum absolute atomic E-state index is 11.7. The number of halogens is 1. The van der Waals surface area contributed by atoms with E-state index in [9.17, 15) is 4.79 Å². The van der Waals surface area contributed by atoms with Crippen LogP contribution in [0.4, 0.5) is 0 Å². The summed E-state index contributed by atoms with van der Waals surface area (Å²) in [5.41, 5.74) is 1.05. The van der Waals surface area contributed by atoms with Gasteiger partial charge in [0.1, 0.15) is 0 Å². The molecule has 0 saturated carbocycles. The Hall–Kier alpha value is -1.58. The maximum Gasteiger partial charge on any atom is 0.224 e. The molecule has 0 saturated heterocycles. The molecule has 0 atom stereocenters. The Balaban J connectivity index is 0.00000180. The normalized spacial score (nSPS) is 9.95. The number of hydrogen-bond acceptors (Lipinski definition) is 2. The first-order valence-corrected chi connectivity index (χ1v) is 6.18. The largest absolute Gasteiger partial charge is 0.355 e. The van der Waals surface area contributed by atoms with Crippen LogP contribution in [0, 0.1) is 0 Å². The summed E-state index contributed by atoms with van der Waals surface area (Å²) in [7, 11) is 1.87. The van der Waals surface area contributed by atoms with E-state index in [1.54, 1.807) is 0 Å². The van der Waals surface area contributed by atoms with Gasteiger partial charge in [-0.1, -0.05) is 42.5 Å². The molecule has 0 aliphatic heterocycles. The number of carbonyl (C=O) groups excluding carboxylic acids is 1. The van der Waals surface area contributed by atoms with Crippen LogP contribution in [0.2, 0.25) is 0 Å². The molecule has 0 unspecified atom stereocenters. The van der Waals surface area contributed by atoms with Gasteiger partial charge in [-0.2, -0.15) is 0 Å². The molecular weight excluding hydrogens is 260 g/mol. The Morgan fingerprint density at radius 3 is 2.53 bits per heavy atom. The van der Waals surface area contributed by atoms with E-state index in [-0.39, 0.29) is 18.3 Å². The molecule has 0 bridgehead atoms. The van der Waals surface area contributed by atoms with Crippen LogP contribution in [0.15, 0.2) is 42.5 Å². The van der Waals surface area contributed by atoms with Crippen molar-refractivity contribution in [1.29, 1.82) is 0 Å². The minimum atomic E-state index is 0. The minimum absolute atomic E-state index is 0. The lowest BCUT2D eigenvalue weighted by Crippen LogP contribution is -2.31. The Morgan fingerprint density at radius 2 is 1.79 bits per heavy atom. The van der Waals surface area contributed by atoms with Crippen molar-refractivity contribution in [2.75, 3.05) is 20.1 Å². The molecule has 0 radical (unpaired) electrons. The molecule has 4 heteroatoms. The fourth-order valence-corrected chi connectivity index (χ4v) is 1.92. The quantitative estimate of drug-likeness (QED) is 0.823. The summed E-state index contributed by atoms with van der Waals surface area (Å²) in [5, 5.41) is 8.26. The van der Waals surface area contributed by atoms with Crippen molar-refractivity contribution in [1.82, 2.24) is 10.6 Å². The van der Waals surface area contributed by atoms with E-state index >= 15 is 0 Å². The van der Waals surface area contributed by atoms with Crippen molar-refractivity contribution in [3.05, 3.63) is 48.0 Å². The van der Waals surface area contributed by atoms with E-state index in [1.165, 1.54) is 10.8 Å². The van der Waals surface area contributed by atoms with Gasteiger partial charge in [-0.3, -0.25) is 4.79 Å². The molecule has 0 aromatic heterocycles. The molecule has 2 rings (SSSR count). The molecule has 0 spiro atoms. The fraction of sp³-hybridized carbons (Fsp3) is 0.267. The summed E-state index contributed by atoms with van der Waals surface area (Å²) in [6.45, 7) is 1.46. The van der Waals surface area contributed by atoms with E-state index in [0.29, 0.717) is 13.0 Å². The Bertz CT molecular complexity index is 542. The van der Waals surface area contributed by atoms with Gasteiger partial charge in [-0.05, 0) is 23.4 Å². The first-order valence-electron chi connectivity index (χ1n) is 6.18. The SMILES string of the molecule is CNCCNC(=O)Cc1ccc2ccccc2c1.Cl. The highest BCUT2D eigenvalue weighted by Gasteiger charge is 2.03. The second-order valence-electron chi connectivity index (χ2n) is 4.31. The van der Waals surface area contributed by atoms with E-state index in [0.717, 1.165) is 12.1 Å². The predicted molar refractivity (Wildman–Crippen MR) is 81.8 cm³/mol. The number of nitrogens with one attached hydrogen (secondary N) is 2. The molecule has 102 valence electrons. The van der Waals surface area contributed by atoms with Gasteiger partial charge >= 0.3 is 0 Å². The molecule has 0 aliphatic carbocycles. The topological polar surface area (TPSA) is 41.1 Å². The second kappa shape index (κ2) is 7.77. The summed E-state index contributed by atoms with van der Waals surface area (Å²) < 4.78 is 0. The van der Waals surface area contributed by atoms with E-state index in [4.69, 9.17) is 0 Å². The zero-order valence-corrected chi connectivity index (χ0v) is 11.8. The molecule has 3 nitrogen and oxygen atoms in total. The number of hydrogen-bond donors (Lipinski definition) is 2. The lowest BCUT2D eigenvalue weighted by atomic mass is 10.1. The van der Waals surface area contributed by atoms with Crippen LogP contribution in [0.1, 0.15) is 5.56 Å². The van der Waals surface area contributed by atoms with Crippen LogP contribution in [-0.2, 0) is 11.2 Å². The van der Waals surface area contributed by atoms with Gasteiger partial charge in [0.15, 0.2) is 0 Å². The fourth-order valence-electron chi connectivity index (χ4n) is 1.92. The van der Waals surface area contributed by atoms with Gasteiger partial charge in [0, 0.05) is 13.1 Å². The van der Waals surface area contributed by atoms with Gasteiger partial charge in [0.2, 0.25) is 5.91 Å². The Kier molecular flexibility index (Phi) is 6.33. The third-order valence-corrected chi connectivity index (χ3v) is 2.88. The molecule has 0 heterocycles. The molecule has 19 heavy (non-hydrogen) atoms. The highest BCUT2D eigenvalue weighted by Crippen LogP contribution is 2.15. The lowest BCUT2D eigenvalue weighted by molar-refractivity contribution is -0.120. The molecule has 2 N–H and O–H groups in total. The maximum atomic E-state index is 11.7. The van der Waals surface area contributed by atoms with Crippen LogP contribution in [-0.4, -0.2) is 26.0 Å². The van der Waals surface area contributed by atoms with Gasteiger partial charge in [0.05, 0.1) is 6.42 Å². The number of fused-ring (bicyclic) bond motifs is 1. The summed E-state index contributed by atoms with van der Waals surface area (Å²) in [6.07, 6.45) is 0.439. The van der Waals surface area contributed by atoms with Gasteiger partial charge < -0.3 is 10.6 Å². The molecule has 0 fully saturated rings. The minimum Gasteiger partial charge on any atom is -0.355 e. The van der Waals surface area contributed by atoms with E-state index in [2.05, 4.69) is 34.9 Å². The highest BCUT2D eigenvalue weighted by molar-refractivity contribution is 5.85. The summed E-state index contributed by atoms with van der Waals surface area (Å²) in [6, 6.07) is 14.3. The van der Waals surface area contributed by atoms with Crippen molar-refractivity contribution in [3.8, 4) is 0 Å². The smallest absolute Gasteiger partial charge is 0.224 e. The predicted octanol–water partition coefficient (Wildman–Crippen LogP) is 2.14. The van der Waals surface area contributed by atoms with Crippen LogP contribution >= 0.6 is 12.4 Å². The molecular formula is C15H19ClN2O. The zero-order valence-electron chi connectivity index (χ0n) is 11.0. The van der Waals surface area contributed by atoms with E-state index in [1.807, 2.05) is 25.2 Å². The molecule has 2 aromatic rings. The number of amides is 1. The first kappa shape index (κ1) is 15.5. The van der Waals surface area contributed by atoms with E-state index < -0.39 is 0 Å². The van der Waals surface area contributed by atoms with Crippen LogP contribution in [0.25, 0.3) is 10.8 Å². The summed E-state index contributed by atoms with van der Waals surface area (Å²) >= 11 is 0. The van der Waals surface area contributed by atoms with Crippen LogP contribution < -0.4 is 10.6 Å². The van der Waals surface area contributed by atoms with Crippen molar-refractivity contribution in [3.63, 3.8) is 0 Å². The number of benzene rings is 2. The number of rotatable bonds is 5. The first-order chi connectivity index (χ1) is 8.79. The third kappa shape index (κ3) is 4.54. The van der Waals surface area contributed by atoms with Crippen LogP contribution in [0.3, 0.4) is 0 Å². The monoisotopic (exact) mass is 278 g/mol. The number of carbonyl (C=O) groups is 1. The highest BCUT2D eigenvalue weighted by atomic mass is 35.5. The zero-order chi connectivity index (χ0) is 12.8. The number of likely N-dealkylation sites (N-methyl/N-ethyl adjacent to an activating group) is 1. The van der Waals surface area contributed by atoms with Crippen molar-refractivity contribution in [2.45, 2.75) is 6.42 Å². The Labute approximate surface area is 119 Å². The van der Waals surface area contributed by atoms with Gasteiger partial charge in [-0.15, -0.1) is 12.4 Å². The summed E-state index contributed by atoms with van der Waals surface area (Å²) in [4.78, 5) is 11.7. The van der Waals surface area contributed by atoms with Crippen molar-refractivity contribution < 1.29 is 4.79 Å². The van der Waals surface area contributed by atoms with Gasteiger partial charge in [0.25, 0.3) is 0 Å². The molecule has 1 amide bonds. The average molecular weight is 279 g/mol. The molecule has 0 aliphatic rings.